The van der Waals surface area contributed by atoms with Gasteiger partial charge in [-0.1, -0.05) is 60.7 Å². The molecule has 0 unspecified atom stereocenters. The van der Waals surface area contributed by atoms with Crippen LogP contribution in [0.5, 0.6) is 11.5 Å². The van der Waals surface area contributed by atoms with Gasteiger partial charge in [0.15, 0.2) is 0 Å². The maximum absolute atomic E-state index is 6.37. The maximum Gasteiger partial charge on any atom is 0.135 e. The third-order valence-corrected chi connectivity index (χ3v) is 4.94. The molecular weight excluding hydrogens is 306 g/mol. The summed E-state index contributed by atoms with van der Waals surface area (Å²) in [6, 6.07) is 26.8. The lowest BCUT2D eigenvalue weighted by Gasteiger charge is -2.13. The summed E-state index contributed by atoms with van der Waals surface area (Å²) < 4.78 is 6.37. The molecular formula is C23H17NO. The van der Waals surface area contributed by atoms with Crippen LogP contribution in [0, 0.1) is 0 Å². The molecule has 120 valence electrons. The Morgan fingerprint density at radius 3 is 2.32 bits per heavy atom. The van der Waals surface area contributed by atoms with Crippen molar-refractivity contribution in [3.05, 3.63) is 90.0 Å². The van der Waals surface area contributed by atoms with E-state index in [2.05, 4.69) is 48.5 Å². The Morgan fingerprint density at radius 1 is 0.640 bits per heavy atom. The smallest absolute Gasteiger partial charge is 0.135 e. The highest BCUT2D eigenvalue weighted by molar-refractivity contribution is 5.97. The Morgan fingerprint density at radius 2 is 1.36 bits per heavy atom. The van der Waals surface area contributed by atoms with Crippen LogP contribution in [0.1, 0.15) is 11.1 Å². The molecule has 4 aromatic rings. The first-order valence-corrected chi connectivity index (χ1v) is 8.46. The SMILES string of the molecule is Nc1cccc2c(Oc3cccc4c3Cc3ccccc3-4)cccc12. The Kier molecular flexibility index (Phi) is 3.04. The van der Waals surface area contributed by atoms with E-state index in [9.17, 15) is 0 Å². The normalized spacial score (nSPS) is 12.0. The monoisotopic (exact) mass is 323 g/mol. The van der Waals surface area contributed by atoms with Crippen molar-refractivity contribution >= 4 is 16.5 Å². The molecule has 0 bridgehead atoms. The molecule has 0 atom stereocenters. The molecule has 0 spiro atoms. The van der Waals surface area contributed by atoms with Crippen molar-refractivity contribution in [2.24, 2.45) is 0 Å². The van der Waals surface area contributed by atoms with Gasteiger partial charge in [0.2, 0.25) is 0 Å². The van der Waals surface area contributed by atoms with Gasteiger partial charge in [-0.25, -0.2) is 0 Å². The highest BCUT2D eigenvalue weighted by Gasteiger charge is 2.21. The van der Waals surface area contributed by atoms with Crippen molar-refractivity contribution in [1.82, 2.24) is 0 Å². The summed E-state index contributed by atoms with van der Waals surface area (Å²) in [6.07, 6.45) is 0.911. The molecule has 5 rings (SSSR count). The van der Waals surface area contributed by atoms with Gasteiger partial charge in [-0.3, -0.25) is 0 Å². The second-order valence-corrected chi connectivity index (χ2v) is 6.42. The molecule has 0 saturated heterocycles. The quantitative estimate of drug-likeness (QED) is 0.418. The predicted molar refractivity (Wildman–Crippen MR) is 103 cm³/mol. The first kappa shape index (κ1) is 14.1. The fourth-order valence-electron chi connectivity index (χ4n) is 3.74. The lowest BCUT2D eigenvalue weighted by molar-refractivity contribution is 0.484. The first-order chi connectivity index (χ1) is 12.3. The molecule has 0 saturated carbocycles. The fourth-order valence-corrected chi connectivity index (χ4v) is 3.74. The average molecular weight is 323 g/mol. The van der Waals surface area contributed by atoms with Crippen molar-refractivity contribution < 1.29 is 4.74 Å². The first-order valence-electron chi connectivity index (χ1n) is 8.46. The van der Waals surface area contributed by atoms with Crippen LogP contribution in [0.25, 0.3) is 21.9 Å². The molecule has 0 amide bonds. The van der Waals surface area contributed by atoms with Crippen LogP contribution in [0.3, 0.4) is 0 Å². The van der Waals surface area contributed by atoms with E-state index >= 15 is 0 Å². The van der Waals surface area contributed by atoms with Crippen LogP contribution in [-0.4, -0.2) is 0 Å². The zero-order valence-electron chi connectivity index (χ0n) is 13.7. The summed E-state index contributed by atoms with van der Waals surface area (Å²) in [4.78, 5) is 0. The Hall–Kier alpha value is -3.26. The van der Waals surface area contributed by atoms with Crippen LogP contribution in [0.2, 0.25) is 0 Å². The maximum atomic E-state index is 6.37. The van der Waals surface area contributed by atoms with Crippen molar-refractivity contribution in [3.63, 3.8) is 0 Å². The minimum absolute atomic E-state index is 0.772. The van der Waals surface area contributed by atoms with Gasteiger partial charge in [0.1, 0.15) is 11.5 Å². The van der Waals surface area contributed by atoms with Crippen LogP contribution in [0.4, 0.5) is 5.69 Å². The number of nitrogen functional groups attached to an aromatic ring is 1. The Labute approximate surface area is 146 Å². The van der Waals surface area contributed by atoms with Gasteiger partial charge in [-0.05, 0) is 34.9 Å². The zero-order valence-corrected chi connectivity index (χ0v) is 13.7. The lowest BCUT2D eigenvalue weighted by Crippen LogP contribution is -1.93. The highest BCUT2D eigenvalue weighted by atomic mass is 16.5. The van der Waals surface area contributed by atoms with Gasteiger partial charge in [0.25, 0.3) is 0 Å². The van der Waals surface area contributed by atoms with Gasteiger partial charge in [-0.2, -0.15) is 0 Å². The largest absolute Gasteiger partial charge is 0.456 e. The summed E-state index contributed by atoms with van der Waals surface area (Å²) in [5.74, 6) is 1.76. The third-order valence-electron chi connectivity index (χ3n) is 4.94. The molecule has 4 aromatic carbocycles. The topological polar surface area (TPSA) is 35.2 Å². The summed E-state index contributed by atoms with van der Waals surface area (Å²) in [7, 11) is 0. The molecule has 2 N–H and O–H groups in total. The molecule has 1 aliphatic carbocycles. The third kappa shape index (κ3) is 2.18. The molecule has 0 aromatic heterocycles. The van der Waals surface area contributed by atoms with Gasteiger partial charge in [0.05, 0.1) is 0 Å². The van der Waals surface area contributed by atoms with E-state index in [0.29, 0.717) is 0 Å². The summed E-state index contributed by atoms with van der Waals surface area (Å²) in [5, 5.41) is 2.06. The summed E-state index contributed by atoms with van der Waals surface area (Å²) in [5.41, 5.74) is 12.1. The van der Waals surface area contributed by atoms with Crippen LogP contribution >= 0.6 is 0 Å². The number of hydrogen-bond acceptors (Lipinski definition) is 2. The fraction of sp³-hybridized carbons (Fsp3) is 0.0435. The average Bonchev–Trinajstić information content (AvgIpc) is 3.03. The number of anilines is 1. The van der Waals surface area contributed by atoms with E-state index in [1.807, 2.05) is 30.3 Å². The van der Waals surface area contributed by atoms with E-state index in [0.717, 1.165) is 34.4 Å². The van der Waals surface area contributed by atoms with E-state index in [1.165, 1.54) is 22.3 Å². The number of hydrogen-bond donors (Lipinski definition) is 1. The zero-order chi connectivity index (χ0) is 16.8. The molecule has 0 heterocycles. The van der Waals surface area contributed by atoms with Gasteiger partial charge >= 0.3 is 0 Å². The molecule has 1 aliphatic rings. The van der Waals surface area contributed by atoms with Gasteiger partial charge in [0, 0.05) is 28.4 Å². The van der Waals surface area contributed by atoms with Crippen molar-refractivity contribution in [2.75, 3.05) is 5.73 Å². The second kappa shape index (κ2) is 5.38. The minimum atomic E-state index is 0.772. The van der Waals surface area contributed by atoms with Crippen molar-refractivity contribution in [3.8, 4) is 22.6 Å². The van der Waals surface area contributed by atoms with Gasteiger partial charge < -0.3 is 10.5 Å². The second-order valence-electron chi connectivity index (χ2n) is 6.42. The Balaban J connectivity index is 1.63. The number of ether oxygens (including phenoxy) is 1. The Bertz CT molecular complexity index is 1110. The summed E-state index contributed by atoms with van der Waals surface area (Å²) >= 11 is 0. The highest BCUT2D eigenvalue weighted by Crippen LogP contribution is 2.43. The standard InChI is InChI=1S/C23H17NO/c24-21-11-3-10-19-18(21)9-5-12-22(19)25-23-13-4-8-17-16-7-2-1-6-15(16)14-20(17)23/h1-13H,14,24H2. The van der Waals surface area contributed by atoms with Crippen LogP contribution < -0.4 is 10.5 Å². The van der Waals surface area contributed by atoms with Crippen LogP contribution in [-0.2, 0) is 6.42 Å². The number of rotatable bonds is 2. The molecule has 25 heavy (non-hydrogen) atoms. The number of fused-ring (bicyclic) bond motifs is 4. The number of nitrogens with two attached hydrogens (primary N) is 1. The molecule has 0 fully saturated rings. The van der Waals surface area contributed by atoms with Crippen LogP contribution in [0.15, 0.2) is 78.9 Å². The van der Waals surface area contributed by atoms with Crippen molar-refractivity contribution in [2.45, 2.75) is 6.42 Å². The number of benzene rings is 4. The van der Waals surface area contributed by atoms with Crippen molar-refractivity contribution in [1.29, 1.82) is 0 Å². The van der Waals surface area contributed by atoms with E-state index in [4.69, 9.17) is 10.5 Å². The molecule has 2 heteroatoms. The lowest BCUT2D eigenvalue weighted by atomic mass is 10.1. The molecule has 0 radical (unpaired) electrons. The molecule has 2 nitrogen and oxygen atoms in total. The van der Waals surface area contributed by atoms with Gasteiger partial charge in [-0.15, -0.1) is 0 Å². The molecule has 0 aliphatic heterocycles. The summed E-state index contributed by atoms with van der Waals surface area (Å²) in [6.45, 7) is 0. The van der Waals surface area contributed by atoms with E-state index in [-0.39, 0.29) is 0 Å². The van der Waals surface area contributed by atoms with E-state index < -0.39 is 0 Å². The van der Waals surface area contributed by atoms with E-state index in [1.54, 1.807) is 0 Å². The predicted octanol–water partition coefficient (Wildman–Crippen LogP) is 5.79. The minimum Gasteiger partial charge on any atom is -0.456 e.